The topological polar surface area (TPSA) is 17.1 Å². The van der Waals surface area contributed by atoms with E-state index in [1.165, 1.54) is 6.07 Å². The highest BCUT2D eigenvalue weighted by Crippen LogP contribution is 2.40. The van der Waals surface area contributed by atoms with E-state index in [4.69, 9.17) is 0 Å². The van der Waals surface area contributed by atoms with Crippen LogP contribution in [-0.2, 0) is 6.18 Å². The Morgan fingerprint density at radius 3 is 2.25 bits per heavy atom. The third-order valence-electron chi connectivity index (χ3n) is 2.01. The van der Waals surface area contributed by atoms with Crippen LogP contribution in [0.5, 0.6) is 0 Å². The summed E-state index contributed by atoms with van der Waals surface area (Å²) in [6.45, 7) is 1.65. The quantitative estimate of drug-likeness (QED) is 0.691. The fraction of sp³-hybridized carbons (Fsp3) is 0.300. The zero-order valence-electron chi connectivity index (χ0n) is 8.16. The van der Waals surface area contributed by atoms with E-state index in [0.717, 1.165) is 6.07 Å². The molecule has 88 valence electrons. The van der Waals surface area contributed by atoms with Crippen molar-refractivity contribution in [1.29, 1.82) is 0 Å². The Kier molecular flexibility index (Phi) is 4.17. The minimum Gasteiger partial charge on any atom is -0.294 e. The predicted octanol–water partition coefficient (Wildman–Crippen LogP) is 4.82. The summed E-state index contributed by atoms with van der Waals surface area (Å²) in [4.78, 5) is 11.4. The molecule has 1 aromatic rings. The van der Waals surface area contributed by atoms with Crippen molar-refractivity contribution in [2.24, 2.45) is 0 Å². The number of Topliss-reactive ketones (excluding diaryl/α,β-unsaturated/α-hetero) is 1. The maximum Gasteiger partial charge on any atom is 0.417 e. The smallest absolute Gasteiger partial charge is 0.294 e. The second-order valence-electron chi connectivity index (χ2n) is 3.06. The van der Waals surface area contributed by atoms with Gasteiger partial charge in [-0.15, -0.1) is 0 Å². The van der Waals surface area contributed by atoms with Crippen molar-refractivity contribution >= 4 is 37.6 Å². The SMILES string of the molecule is CCC(=O)c1ccc(C(F)(F)F)c(Br)c1Br. The molecule has 1 rings (SSSR count). The van der Waals surface area contributed by atoms with Gasteiger partial charge >= 0.3 is 6.18 Å². The minimum absolute atomic E-state index is 0.140. The van der Waals surface area contributed by atoms with Crippen LogP contribution in [0.25, 0.3) is 0 Å². The number of alkyl halides is 3. The molecule has 0 unspecified atom stereocenters. The summed E-state index contributed by atoms with van der Waals surface area (Å²) in [6.07, 6.45) is -4.19. The van der Waals surface area contributed by atoms with Gasteiger partial charge in [-0.3, -0.25) is 4.79 Å². The molecule has 0 bridgehead atoms. The van der Waals surface area contributed by atoms with E-state index in [1.807, 2.05) is 0 Å². The monoisotopic (exact) mass is 358 g/mol. The largest absolute Gasteiger partial charge is 0.417 e. The number of benzene rings is 1. The standard InChI is InChI=1S/C10H7Br2F3O/c1-2-7(16)5-3-4-6(10(13,14)15)9(12)8(5)11/h3-4H,2H2,1H3. The Morgan fingerprint density at radius 1 is 1.25 bits per heavy atom. The first kappa shape index (κ1) is 13.7. The molecule has 0 N–H and O–H groups in total. The van der Waals surface area contributed by atoms with Gasteiger partial charge in [0.05, 0.1) is 5.56 Å². The number of carbonyl (C=O) groups is 1. The van der Waals surface area contributed by atoms with Crippen LogP contribution in [0.3, 0.4) is 0 Å². The minimum atomic E-state index is -4.44. The Hall–Kier alpha value is -0.360. The van der Waals surface area contributed by atoms with E-state index >= 15 is 0 Å². The molecular formula is C10H7Br2F3O. The molecule has 0 fully saturated rings. The van der Waals surface area contributed by atoms with Crippen LogP contribution in [0.2, 0.25) is 0 Å². The number of ketones is 1. The molecule has 16 heavy (non-hydrogen) atoms. The van der Waals surface area contributed by atoms with E-state index in [0.29, 0.717) is 0 Å². The van der Waals surface area contributed by atoms with Gasteiger partial charge in [-0.1, -0.05) is 6.92 Å². The van der Waals surface area contributed by atoms with Crippen molar-refractivity contribution in [2.45, 2.75) is 19.5 Å². The van der Waals surface area contributed by atoms with Gasteiger partial charge in [-0.2, -0.15) is 13.2 Å². The van der Waals surface area contributed by atoms with Crippen molar-refractivity contribution in [3.8, 4) is 0 Å². The fourth-order valence-corrected chi connectivity index (χ4v) is 2.31. The molecule has 0 aliphatic rings. The van der Waals surface area contributed by atoms with Crippen molar-refractivity contribution in [3.63, 3.8) is 0 Å². The lowest BCUT2D eigenvalue weighted by atomic mass is 10.1. The molecule has 0 saturated heterocycles. The van der Waals surface area contributed by atoms with E-state index in [2.05, 4.69) is 31.9 Å². The average Bonchev–Trinajstić information content (AvgIpc) is 2.19. The lowest BCUT2D eigenvalue weighted by molar-refractivity contribution is -0.138. The lowest BCUT2D eigenvalue weighted by Crippen LogP contribution is -2.08. The zero-order chi connectivity index (χ0) is 12.5. The highest BCUT2D eigenvalue weighted by molar-refractivity contribution is 9.13. The summed E-state index contributed by atoms with van der Waals surface area (Å²) in [7, 11) is 0. The third-order valence-corrected chi connectivity index (χ3v) is 4.19. The van der Waals surface area contributed by atoms with Gasteiger partial charge in [0.15, 0.2) is 5.78 Å². The number of carbonyl (C=O) groups excluding carboxylic acids is 1. The first-order valence-corrected chi connectivity index (χ1v) is 5.96. The van der Waals surface area contributed by atoms with Gasteiger partial charge in [0.25, 0.3) is 0 Å². The molecular weight excluding hydrogens is 353 g/mol. The second kappa shape index (κ2) is 4.87. The molecule has 0 radical (unpaired) electrons. The molecule has 0 aliphatic carbocycles. The summed E-state index contributed by atoms with van der Waals surface area (Å²) in [5, 5.41) is 0. The van der Waals surface area contributed by atoms with Crippen molar-refractivity contribution in [2.75, 3.05) is 0 Å². The predicted molar refractivity (Wildman–Crippen MR) is 61.5 cm³/mol. The molecule has 1 aromatic carbocycles. The highest BCUT2D eigenvalue weighted by Gasteiger charge is 2.34. The van der Waals surface area contributed by atoms with Crippen LogP contribution >= 0.6 is 31.9 Å². The Balaban J connectivity index is 3.35. The van der Waals surface area contributed by atoms with Gasteiger partial charge in [-0.05, 0) is 44.0 Å². The maximum atomic E-state index is 12.5. The first-order valence-electron chi connectivity index (χ1n) is 4.37. The molecule has 0 aromatic heterocycles. The van der Waals surface area contributed by atoms with Gasteiger partial charge in [-0.25, -0.2) is 0 Å². The van der Waals surface area contributed by atoms with Crippen molar-refractivity contribution < 1.29 is 18.0 Å². The highest BCUT2D eigenvalue weighted by atomic mass is 79.9. The molecule has 1 nitrogen and oxygen atoms in total. The van der Waals surface area contributed by atoms with Crippen LogP contribution in [-0.4, -0.2) is 5.78 Å². The van der Waals surface area contributed by atoms with Crippen LogP contribution in [0, 0.1) is 0 Å². The zero-order valence-corrected chi connectivity index (χ0v) is 11.3. The van der Waals surface area contributed by atoms with Crippen molar-refractivity contribution in [1.82, 2.24) is 0 Å². The molecule has 0 amide bonds. The first-order chi connectivity index (χ1) is 7.29. The van der Waals surface area contributed by atoms with Gasteiger partial charge in [0, 0.05) is 20.9 Å². The van der Waals surface area contributed by atoms with Crippen molar-refractivity contribution in [3.05, 3.63) is 32.2 Å². The van der Waals surface area contributed by atoms with Crippen LogP contribution < -0.4 is 0 Å². The molecule has 0 aliphatic heterocycles. The summed E-state index contributed by atoms with van der Waals surface area (Å²) in [6, 6.07) is 2.08. The van der Waals surface area contributed by atoms with Gasteiger partial charge < -0.3 is 0 Å². The molecule has 6 heteroatoms. The normalized spacial score (nSPS) is 11.6. The van der Waals surface area contributed by atoms with Crippen LogP contribution in [0.4, 0.5) is 13.2 Å². The number of hydrogen-bond donors (Lipinski definition) is 0. The second-order valence-corrected chi connectivity index (χ2v) is 4.65. The van der Waals surface area contributed by atoms with Gasteiger partial charge in [0.1, 0.15) is 0 Å². The number of rotatable bonds is 2. The number of halogens is 5. The summed E-state index contributed by atoms with van der Waals surface area (Å²) >= 11 is 5.84. The van der Waals surface area contributed by atoms with E-state index in [1.54, 1.807) is 6.92 Å². The summed E-state index contributed by atoms with van der Waals surface area (Å²) in [5.41, 5.74) is -0.547. The fourth-order valence-electron chi connectivity index (χ4n) is 1.17. The van der Waals surface area contributed by atoms with Crippen LogP contribution in [0.1, 0.15) is 29.3 Å². The Labute approximate surface area is 107 Å². The third kappa shape index (κ3) is 2.66. The molecule has 0 heterocycles. The lowest BCUT2D eigenvalue weighted by Gasteiger charge is -2.12. The van der Waals surface area contributed by atoms with E-state index in [-0.39, 0.29) is 26.7 Å². The average molecular weight is 360 g/mol. The summed E-state index contributed by atoms with van der Waals surface area (Å²) in [5.74, 6) is -0.207. The van der Waals surface area contributed by atoms with Gasteiger partial charge in [0.2, 0.25) is 0 Å². The summed E-state index contributed by atoms with van der Waals surface area (Å²) < 4.78 is 37.5. The van der Waals surface area contributed by atoms with E-state index < -0.39 is 11.7 Å². The van der Waals surface area contributed by atoms with E-state index in [9.17, 15) is 18.0 Å². The Bertz CT molecular complexity index is 427. The Morgan fingerprint density at radius 2 is 1.81 bits per heavy atom. The molecule has 0 saturated carbocycles. The number of hydrogen-bond acceptors (Lipinski definition) is 1. The molecule has 0 spiro atoms. The molecule has 0 atom stereocenters. The maximum absolute atomic E-state index is 12.5. The van der Waals surface area contributed by atoms with Crippen LogP contribution in [0.15, 0.2) is 21.1 Å².